The first-order chi connectivity index (χ1) is 11.4. The van der Waals surface area contributed by atoms with E-state index in [0.717, 1.165) is 0 Å². The van der Waals surface area contributed by atoms with Gasteiger partial charge in [-0.1, -0.05) is 60.7 Å². The van der Waals surface area contributed by atoms with E-state index in [1.807, 2.05) is 0 Å². The van der Waals surface area contributed by atoms with E-state index < -0.39 is 18.0 Å². The predicted molar refractivity (Wildman–Crippen MR) is 86.8 cm³/mol. The van der Waals surface area contributed by atoms with Gasteiger partial charge in [-0.3, -0.25) is 4.79 Å². The number of benzene rings is 3. The van der Waals surface area contributed by atoms with Crippen molar-refractivity contribution in [2.24, 2.45) is 5.73 Å². The molecule has 0 fully saturated rings. The molecule has 5 heteroatoms. The Kier molecular flexibility index (Phi) is 4.01. The molecule has 1 atom stereocenters. The summed E-state index contributed by atoms with van der Waals surface area (Å²) >= 11 is 0. The zero-order valence-electron chi connectivity index (χ0n) is 12.5. The molecule has 0 aliphatic carbocycles. The zero-order valence-corrected chi connectivity index (χ0v) is 12.5. The summed E-state index contributed by atoms with van der Waals surface area (Å²) in [6.07, 6.45) is -4.56. The summed E-state index contributed by atoms with van der Waals surface area (Å²) < 4.78 is 41.7. The lowest BCUT2D eigenvalue weighted by atomic mass is 9.85. The molecule has 0 aliphatic rings. The fourth-order valence-corrected chi connectivity index (χ4v) is 3.00. The molecule has 1 amide bonds. The summed E-state index contributed by atoms with van der Waals surface area (Å²) in [5, 5.41) is 1.21. The van der Waals surface area contributed by atoms with Crippen molar-refractivity contribution >= 4 is 16.7 Å². The quantitative estimate of drug-likeness (QED) is 0.748. The van der Waals surface area contributed by atoms with Crippen LogP contribution in [0.2, 0.25) is 0 Å². The minimum absolute atomic E-state index is 0.106. The number of amides is 1. The zero-order chi connectivity index (χ0) is 17.3. The van der Waals surface area contributed by atoms with E-state index in [1.54, 1.807) is 36.4 Å². The van der Waals surface area contributed by atoms with E-state index in [2.05, 4.69) is 0 Å². The molecular weight excluding hydrogens is 315 g/mol. The molecule has 0 saturated carbocycles. The Balaban J connectivity index is 2.32. The van der Waals surface area contributed by atoms with Crippen LogP contribution in [0, 0.1) is 0 Å². The molecule has 0 radical (unpaired) electrons. The topological polar surface area (TPSA) is 43.1 Å². The number of halogens is 3. The predicted octanol–water partition coefficient (Wildman–Crippen LogP) is 4.63. The van der Waals surface area contributed by atoms with Gasteiger partial charge in [-0.2, -0.15) is 13.2 Å². The highest BCUT2D eigenvalue weighted by Gasteiger charge is 2.43. The summed E-state index contributed by atoms with van der Waals surface area (Å²) in [6.45, 7) is 0. The maximum Gasteiger partial charge on any atom is 0.399 e. The summed E-state index contributed by atoms with van der Waals surface area (Å²) in [6, 6.07) is 17.3. The lowest BCUT2D eigenvalue weighted by molar-refractivity contribution is -0.140. The highest BCUT2D eigenvalue weighted by atomic mass is 19.4. The van der Waals surface area contributed by atoms with Gasteiger partial charge in [0.05, 0.1) is 0 Å². The van der Waals surface area contributed by atoms with Crippen LogP contribution in [0.3, 0.4) is 0 Å². The summed E-state index contributed by atoms with van der Waals surface area (Å²) in [7, 11) is 0. The van der Waals surface area contributed by atoms with Crippen molar-refractivity contribution in [2.75, 3.05) is 0 Å². The van der Waals surface area contributed by atoms with Crippen molar-refractivity contribution in [3.63, 3.8) is 0 Å². The number of alkyl halides is 3. The Morgan fingerprint density at radius 1 is 0.833 bits per heavy atom. The van der Waals surface area contributed by atoms with Gasteiger partial charge in [0.2, 0.25) is 5.91 Å². The van der Waals surface area contributed by atoms with Gasteiger partial charge >= 0.3 is 6.18 Å². The fraction of sp³-hybridized carbons (Fsp3) is 0.105. The molecule has 3 rings (SSSR count). The summed E-state index contributed by atoms with van der Waals surface area (Å²) in [4.78, 5) is 11.6. The van der Waals surface area contributed by atoms with Gasteiger partial charge in [-0.15, -0.1) is 0 Å². The van der Waals surface area contributed by atoms with E-state index in [-0.39, 0.29) is 16.7 Å². The molecule has 24 heavy (non-hydrogen) atoms. The fourth-order valence-electron chi connectivity index (χ4n) is 3.00. The molecule has 0 saturated heterocycles. The maximum atomic E-state index is 13.9. The van der Waals surface area contributed by atoms with Gasteiger partial charge in [-0.05, 0) is 28.0 Å². The van der Waals surface area contributed by atoms with Crippen molar-refractivity contribution < 1.29 is 18.0 Å². The normalized spacial score (nSPS) is 13.0. The van der Waals surface area contributed by atoms with Gasteiger partial charge in [0.25, 0.3) is 0 Å². The molecular formula is C19H14F3NO. The van der Waals surface area contributed by atoms with Crippen LogP contribution in [-0.2, 0) is 0 Å². The summed E-state index contributed by atoms with van der Waals surface area (Å²) in [5.41, 5.74) is 5.14. The Morgan fingerprint density at radius 3 is 2.12 bits per heavy atom. The third kappa shape index (κ3) is 2.85. The lowest BCUT2D eigenvalue weighted by Gasteiger charge is -2.24. The Bertz CT molecular complexity index is 897. The van der Waals surface area contributed by atoms with Crippen molar-refractivity contribution in [3.8, 4) is 0 Å². The third-order valence-corrected chi connectivity index (χ3v) is 4.00. The minimum atomic E-state index is -4.56. The Hall–Kier alpha value is -2.82. The molecule has 0 aromatic heterocycles. The number of carbonyl (C=O) groups excluding carboxylic acids is 1. The van der Waals surface area contributed by atoms with Crippen molar-refractivity contribution in [1.82, 2.24) is 0 Å². The number of rotatable bonds is 3. The van der Waals surface area contributed by atoms with Crippen molar-refractivity contribution in [3.05, 3.63) is 83.4 Å². The maximum absolute atomic E-state index is 13.9. The van der Waals surface area contributed by atoms with Gasteiger partial charge in [0.15, 0.2) is 0 Å². The standard InChI is InChI=1S/C19H14F3NO/c20-19(21,22)17(15-9-3-4-10-16(15)18(23)24)14-11-5-7-12-6-1-2-8-13(12)14/h1-11,17H,(H2,23,24). The first kappa shape index (κ1) is 16.1. The molecule has 1 unspecified atom stereocenters. The second-order valence-corrected chi connectivity index (χ2v) is 5.49. The number of hydrogen-bond acceptors (Lipinski definition) is 1. The smallest absolute Gasteiger partial charge is 0.366 e. The molecule has 3 aromatic carbocycles. The number of carbonyl (C=O) groups is 1. The van der Waals surface area contributed by atoms with Gasteiger partial charge in [-0.25, -0.2) is 0 Å². The second-order valence-electron chi connectivity index (χ2n) is 5.49. The van der Waals surface area contributed by atoms with Gasteiger partial charge < -0.3 is 5.73 Å². The van der Waals surface area contributed by atoms with E-state index in [9.17, 15) is 18.0 Å². The molecule has 122 valence electrons. The van der Waals surface area contributed by atoms with Gasteiger partial charge in [0, 0.05) is 5.56 Å². The molecule has 0 bridgehead atoms. The molecule has 2 N–H and O–H groups in total. The van der Waals surface area contributed by atoms with Crippen molar-refractivity contribution in [2.45, 2.75) is 12.1 Å². The second kappa shape index (κ2) is 6.00. The van der Waals surface area contributed by atoms with Crippen molar-refractivity contribution in [1.29, 1.82) is 0 Å². The lowest BCUT2D eigenvalue weighted by Crippen LogP contribution is -2.25. The van der Waals surface area contributed by atoms with E-state index in [4.69, 9.17) is 5.73 Å². The average molecular weight is 329 g/mol. The average Bonchev–Trinajstić information content (AvgIpc) is 2.54. The van der Waals surface area contributed by atoms with Crippen LogP contribution in [0.25, 0.3) is 10.8 Å². The number of nitrogens with two attached hydrogens (primary N) is 1. The SMILES string of the molecule is NC(=O)c1ccccc1C(c1cccc2ccccc12)C(F)(F)F. The monoisotopic (exact) mass is 329 g/mol. The Labute approximate surface area is 136 Å². The first-order valence-corrected chi connectivity index (χ1v) is 7.32. The first-order valence-electron chi connectivity index (χ1n) is 7.32. The molecule has 0 spiro atoms. The molecule has 3 aromatic rings. The van der Waals surface area contributed by atoms with Crippen LogP contribution in [0.15, 0.2) is 66.7 Å². The van der Waals surface area contributed by atoms with Crippen LogP contribution >= 0.6 is 0 Å². The highest BCUT2D eigenvalue weighted by Crippen LogP contribution is 2.43. The van der Waals surface area contributed by atoms with Crippen LogP contribution in [0.5, 0.6) is 0 Å². The third-order valence-electron chi connectivity index (χ3n) is 4.00. The highest BCUT2D eigenvalue weighted by molar-refractivity contribution is 5.95. The summed E-state index contributed by atoms with van der Waals surface area (Å²) in [5.74, 6) is -2.80. The van der Waals surface area contributed by atoms with Crippen LogP contribution < -0.4 is 5.73 Å². The number of fused-ring (bicyclic) bond motifs is 1. The van der Waals surface area contributed by atoms with Gasteiger partial charge in [0.1, 0.15) is 5.92 Å². The minimum Gasteiger partial charge on any atom is -0.366 e. The molecule has 2 nitrogen and oxygen atoms in total. The number of hydrogen-bond donors (Lipinski definition) is 1. The van der Waals surface area contributed by atoms with Crippen LogP contribution in [0.4, 0.5) is 13.2 Å². The van der Waals surface area contributed by atoms with E-state index in [0.29, 0.717) is 10.8 Å². The Morgan fingerprint density at radius 2 is 1.42 bits per heavy atom. The van der Waals surface area contributed by atoms with E-state index >= 15 is 0 Å². The van der Waals surface area contributed by atoms with Crippen LogP contribution in [-0.4, -0.2) is 12.1 Å². The van der Waals surface area contributed by atoms with Crippen LogP contribution in [0.1, 0.15) is 27.4 Å². The molecule has 0 aliphatic heterocycles. The number of primary amides is 1. The molecule has 0 heterocycles. The largest absolute Gasteiger partial charge is 0.399 e. The van der Waals surface area contributed by atoms with E-state index in [1.165, 1.54) is 30.3 Å².